The van der Waals surface area contributed by atoms with E-state index in [2.05, 4.69) is 20.0 Å². The van der Waals surface area contributed by atoms with E-state index in [0.717, 1.165) is 6.07 Å². The van der Waals surface area contributed by atoms with Crippen LogP contribution in [-0.4, -0.2) is 35.0 Å². The molecule has 1 aromatic carbocycles. The lowest BCUT2D eigenvalue weighted by Crippen LogP contribution is -2.39. The monoisotopic (exact) mass is 297 g/mol. The second-order valence-corrected chi connectivity index (χ2v) is 4.58. The minimum Gasteiger partial charge on any atom is -0.467 e. The molecular weight excluding hydrogens is 285 g/mol. The summed E-state index contributed by atoms with van der Waals surface area (Å²) in [5.41, 5.74) is 0.819. The van der Waals surface area contributed by atoms with Crippen LogP contribution in [0.2, 0.25) is 0 Å². The number of hydrogen-bond donors (Lipinski definition) is 3. The summed E-state index contributed by atoms with van der Waals surface area (Å²) in [6.07, 6.45) is 0. The van der Waals surface area contributed by atoms with Crippen LogP contribution in [0, 0.1) is 10.6 Å². The van der Waals surface area contributed by atoms with Gasteiger partial charge in [0.15, 0.2) is 4.77 Å². The van der Waals surface area contributed by atoms with E-state index >= 15 is 0 Å². The summed E-state index contributed by atoms with van der Waals surface area (Å²) in [6, 6.07) is 1.45. The largest absolute Gasteiger partial charge is 0.467 e. The molecule has 0 saturated carbocycles. The average Bonchev–Trinajstić information content (AvgIpc) is 2.76. The molecule has 2 aromatic rings. The molecule has 0 fully saturated rings. The third kappa shape index (κ3) is 2.69. The number of H-pyrrole nitrogens is 2. The first-order valence-electron chi connectivity index (χ1n) is 5.72. The fourth-order valence-electron chi connectivity index (χ4n) is 1.80. The quantitative estimate of drug-likeness (QED) is 0.594. The first kappa shape index (κ1) is 14.2. The Balaban J connectivity index is 2.39. The number of carbonyl (C=O) groups excluding carboxylic acids is 2. The number of methoxy groups -OCH3 is 1. The van der Waals surface area contributed by atoms with Crippen LogP contribution in [-0.2, 0) is 9.53 Å². The summed E-state index contributed by atoms with van der Waals surface area (Å²) < 4.78 is 18.3. The highest BCUT2D eigenvalue weighted by Crippen LogP contribution is 2.18. The number of ether oxygens (including phenoxy) is 1. The lowest BCUT2D eigenvalue weighted by molar-refractivity contribution is -0.142. The van der Waals surface area contributed by atoms with E-state index in [-0.39, 0.29) is 10.3 Å². The maximum absolute atomic E-state index is 13.5. The molecule has 0 aliphatic rings. The van der Waals surface area contributed by atoms with Crippen molar-refractivity contribution in [3.8, 4) is 0 Å². The Bertz CT molecular complexity index is 737. The number of nitrogens with one attached hydrogen (secondary N) is 3. The zero-order valence-electron chi connectivity index (χ0n) is 10.7. The molecule has 0 saturated heterocycles. The highest BCUT2D eigenvalue weighted by molar-refractivity contribution is 7.71. The number of fused-ring (bicyclic) bond motifs is 1. The van der Waals surface area contributed by atoms with Crippen molar-refractivity contribution in [3.05, 3.63) is 28.3 Å². The summed E-state index contributed by atoms with van der Waals surface area (Å²) in [5, 5.41) is 2.43. The molecule has 0 aliphatic heterocycles. The normalized spacial score (nSPS) is 12.2. The van der Waals surface area contributed by atoms with Gasteiger partial charge in [0.25, 0.3) is 5.91 Å². The number of aromatic nitrogens is 2. The number of imidazole rings is 1. The highest BCUT2D eigenvalue weighted by Gasteiger charge is 2.19. The van der Waals surface area contributed by atoms with Crippen LogP contribution >= 0.6 is 12.2 Å². The number of benzene rings is 1. The molecule has 106 valence electrons. The molecule has 0 unspecified atom stereocenters. The van der Waals surface area contributed by atoms with Crippen LogP contribution in [0.4, 0.5) is 4.39 Å². The predicted octanol–water partition coefficient (Wildman–Crippen LogP) is 1.66. The molecule has 0 bridgehead atoms. The number of halogens is 1. The molecule has 1 heterocycles. The first-order valence-corrected chi connectivity index (χ1v) is 6.13. The highest BCUT2D eigenvalue weighted by atomic mass is 32.1. The molecule has 1 amide bonds. The van der Waals surface area contributed by atoms with E-state index in [1.165, 1.54) is 20.1 Å². The maximum atomic E-state index is 13.5. The Morgan fingerprint density at radius 3 is 2.75 bits per heavy atom. The third-order valence-corrected chi connectivity index (χ3v) is 2.94. The Morgan fingerprint density at radius 2 is 2.10 bits per heavy atom. The summed E-state index contributed by atoms with van der Waals surface area (Å²) >= 11 is 4.91. The van der Waals surface area contributed by atoms with E-state index in [1.807, 2.05) is 0 Å². The van der Waals surface area contributed by atoms with Crippen LogP contribution < -0.4 is 5.32 Å². The SMILES string of the molecule is COC(=O)[C@@H](C)NC(=O)c1cc(F)cc2[nH]c(=S)[nH]c12. The second-order valence-electron chi connectivity index (χ2n) is 4.17. The molecular formula is C12H12FN3O3S. The smallest absolute Gasteiger partial charge is 0.328 e. The number of hydrogen-bond acceptors (Lipinski definition) is 4. The van der Waals surface area contributed by atoms with Crippen LogP contribution in [0.5, 0.6) is 0 Å². The standard InChI is InChI=1S/C12H12FN3O3S/c1-5(11(18)19-2)14-10(17)7-3-6(13)4-8-9(7)16-12(20)15-8/h3-5H,1-2H3,(H,14,17)(H2,15,16,20)/t5-/m1/s1. The number of amides is 1. The Kier molecular flexibility index (Phi) is 3.84. The molecule has 1 aromatic heterocycles. The number of carbonyl (C=O) groups is 2. The Labute approximate surface area is 118 Å². The van der Waals surface area contributed by atoms with E-state index < -0.39 is 23.7 Å². The first-order chi connectivity index (χ1) is 9.42. The van der Waals surface area contributed by atoms with Crippen molar-refractivity contribution < 1.29 is 18.7 Å². The molecule has 20 heavy (non-hydrogen) atoms. The minimum atomic E-state index is -0.840. The zero-order chi connectivity index (χ0) is 14.9. The summed E-state index contributed by atoms with van der Waals surface area (Å²) in [4.78, 5) is 28.9. The van der Waals surface area contributed by atoms with Crippen LogP contribution in [0.15, 0.2) is 12.1 Å². The van der Waals surface area contributed by atoms with Crippen molar-refractivity contribution in [2.75, 3.05) is 7.11 Å². The van der Waals surface area contributed by atoms with Gasteiger partial charge >= 0.3 is 5.97 Å². The molecule has 2 rings (SSSR count). The molecule has 6 nitrogen and oxygen atoms in total. The molecule has 8 heteroatoms. The van der Waals surface area contributed by atoms with Gasteiger partial charge in [-0.15, -0.1) is 0 Å². The maximum Gasteiger partial charge on any atom is 0.328 e. The lowest BCUT2D eigenvalue weighted by atomic mass is 10.1. The van der Waals surface area contributed by atoms with Crippen LogP contribution in [0.1, 0.15) is 17.3 Å². The Hall–Kier alpha value is -2.22. The van der Waals surface area contributed by atoms with Crippen LogP contribution in [0.25, 0.3) is 11.0 Å². The lowest BCUT2D eigenvalue weighted by Gasteiger charge is -2.11. The van der Waals surface area contributed by atoms with Gasteiger partial charge in [-0.2, -0.15) is 0 Å². The van der Waals surface area contributed by atoms with Gasteiger partial charge in [-0.1, -0.05) is 0 Å². The van der Waals surface area contributed by atoms with Gasteiger partial charge in [0, 0.05) is 0 Å². The number of rotatable bonds is 3. The zero-order valence-corrected chi connectivity index (χ0v) is 11.6. The Morgan fingerprint density at radius 1 is 1.40 bits per heavy atom. The molecule has 0 radical (unpaired) electrons. The summed E-state index contributed by atoms with van der Waals surface area (Å²) in [7, 11) is 1.22. The average molecular weight is 297 g/mol. The van der Waals surface area contributed by atoms with Crippen molar-refractivity contribution in [2.24, 2.45) is 0 Å². The van der Waals surface area contributed by atoms with E-state index in [0.29, 0.717) is 11.0 Å². The van der Waals surface area contributed by atoms with Crippen molar-refractivity contribution in [2.45, 2.75) is 13.0 Å². The molecule has 3 N–H and O–H groups in total. The predicted molar refractivity (Wildman–Crippen MR) is 72.4 cm³/mol. The van der Waals surface area contributed by atoms with Crippen molar-refractivity contribution in [1.82, 2.24) is 15.3 Å². The fraction of sp³-hybridized carbons (Fsp3) is 0.250. The van der Waals surface area contributed by atoms with Gasteiger partial charge in [0.1, 0.15) is 11.9 Å². The second kappa shape index (κ2) is 5.41. The van der Waals surface area contributed by atoms with E-state index in [4.69, 9.17) is 12.2 Å². The third-order valence-electron chi connectivity index (χ3n) is 2.74. The number of aromatic amines is 2. The van der Waals surface area contributed by atoms with Gasteiger partial charge in [-0.25, -0.2) is 9.18 Å². The fourth-order valence-corrected chi connectivity index (χ4v) is 2.01. The van der Waals surface area contributed by atoms with Gasteiger partial charge in [0.2, 0.25) is 0 Å². The molecule has 0 spiro atoms. The minimum absolute atomic E-state index is 0.0584. The number of esters is 1. The van der Waals surface area contributed by atoms with Gasteiger partial charge in [-0.3, -0.25) is 4.79 Å². The van der Waals surface area contributed by atoms with Gasteiger partial charge in [0.05, 0.1) is 23.7 Å². The van der Waals surface area contributed by atoms with Crippen molar-refractivity contribution in [1.29, 1.82) is 0 Å². The van der Waals surface area contributed by atoms with Gasteiger partial charge < -0.3 is 20.0 Å². The van der Waals surface area contributed by atoms with Gasteiger partial charge in [-0.05, 0) is 31.3 Å². The topological polar surface area (TPSA) is 87.0 Å². The summed E-state index contributed by atoms with van der Waals surface area (Å²) in [5.74, 6) is -1.77. The van der Waals surface area contributed by atoms with E-state index in [9.17, 15) is 14.0 Å². The van der Waals surface area contributed by atoms with E-state index in [1.54, 1.807) is 0 Å². The van der Waals surface area contributed by atoms with Crippen molar-refractivity contribution >= 4 is 35.1 Å². The van der Waals surface area contributed by atoms with Crippen molar-refractivity contribution in [3.63, 3.8) is 0 Å². The summed E-state index contributed by atoms with van der Waals surface area (Å²) in [6.45, 7) is 1.47. The van der Waals surface area contributed by atoms with Crippen LogP contribution in [0.3, 0.4) is 0 Å². The molecule has 0 aliphatic carbocycles. The molecule has 1 atom stereocenters.